The quantitative estimate of drug-likeness (QED) is 0.419. The van der Waals surface area contributed by atoms with Gasteiger partial charge in [0.15, 0.2) is 0 Å². The molecule has 2 unspecified atom stereocenters. The minimum atomic E-state index is -1.09. The molecule has 0 bridgehead atoms. The molecule has 0 saturated heterocycles. The first-order chi connectivity index (χ1) is 6.11. The lowest BCUT2D eigenvalue weighted by molar-refractivity contribution is -0.0613. The SMILES string of the molecule is CCC1=CC(NC)[C@@H](O)C(O)[C@H]1O. The molecule has 0 saturated carbocycles. The van der Waals surface area contributed by atoms with Crippen molar-refractivity contribution in [3.05, 3.63) is 11.6 Å². The molecule has 0 aromatic rings. The third-order valence-corrected chi connectivity index (χ3v) is 2.56. The molecule has 76 valence electrons. The van der Waals surface area contributed by atoms with Crippen LogP contribution in [0.15, 0.2) is 11.6 Å². The Balaban J connectivity index is 2.86. The van der Waals surface area contributed by atoms with Gasteiger partial charge in [0.1, 0.15) is 18.3 Å². The van der Waals surface area contributed by atoms with E-state index in [1.165, 1.54) is 0 Å². The first-order valence-corrected chi connectivity index (χ1v) is 4.53. The molecule has 1 rings (SSSR count). The van der Waals surface area contributed by atoms with Gasteiger partial charge in [-0.2, -0.15) is 0 Å². The van der Waals surface area contributed by atoms with Gasteiger partial charge in [-0.05, 0) is 19.0 Å². The van der Waals surface area contributed by atoms with Crippen LogP contribution < -0.4 is 5.32 Å². The van der Waals surface area contributed by atoms with Gasteiger partial charge < -0.3 is 20.6 Å². The predicted molar refractivity (Wildman–Crippen MR) is 49.2 cm³/mol. The van der Waals surface area contributed by atoms with Crippen LogP contribution in [-0.4, -0.2) is 46.7 Å². The summed E-state index contributed by atoms with van der Waals surface area (Å²) in [5.74, 6) is 0. The lowest BCUT2D eigenvalue weighted by Gasteiger charge is -2.34. The molecular formula is C9H17NO3. The van der Waals surface area contributed by atoms with E-state index in [1.54, 1.807) is 13.1 Å². The van der Waals surface area contributed by atoms with E-state index < -0.39 is 18.3 Å². The Bertz CT molecular complexity index is 205. The fourth-order valence-electron chi connectivity index (χ4n) is 1.63. The molecule has 0 heterocycles. The van der Waals surface area contributed by atoms with Crippen molar-refractivity contribution >= 4 is 0 Å². The van der Waals surface area contributed by atoms with Gasteiger partial charge >= 0.3 is 0 Å². The third-order valence-electron chi connectivity index (χ3n) is 2.56. The van der Waals surface area contributed by atoms with Gasteiger partial charge in [-0.15, -0.1) is 0 Å². The molecule has 0 fully saturated rings. The lowest BCUT2D eigenvalue weighted by atomic mass is 9.87. The largest absolute Gasteiger partial charge is 0.388 e. The van der Waals surface area contributed by atoms with Crippen molar-refractivity contribution in [2.24, 2.45) is 0 Å². The van der Waals surface area contributed by atoms with Crippen LogP contribution in [0.5, 0.6) is 0 Å². The fraction of sp³-hybridized carbons (Fsp3) is 0.778. The maximum atomic E-state index is 9.52. The zero-order valence-electron chi connectivity index (χ0n) is 7.94. The maximum Gasteiger partial charge on any atom is 0.111 e. The highest BCUT2D eigenvalue weighted by atomic mass is 16.4. The summed E-state index contributed by atoms with van der Waals surface area (Å²) in [5.41, 5.74) is 0.775. The molecule has 4 nitrogen and oxygen atoms in total. The van der Waals surface area contributed by atoms with Gasteiger partial charge in [0.2, 0.25) is 0 Å². The van der Waals surface area contributed by atoms with Crippen LogP contribution in [0.1, 0.15) is 13.3 Å². The van der Waals surface area contributed by atoms with E-state index in [4.69, 9.17) is 0 Å². The molecule has 4 heteroatoms. The van der Waals surface area contributed by atoms with Crippen molar-refractivity contribution in [1.82, 2.24) is 5.32 Å². The summed E-state index contributed by atoms with van der Waals surface area (Å²) in [4.78, 5) is 0. The topological polar surface area (TPSA) is 72.7 Å². The number of hydrogen-bond acceptors (Lipinski definition) is 4. The lowest BCUT2D eigenvalue weighted by Crippen LogP contribution is -2.52. The van der Waals surface area contributed by atoms with Crippen LogP contribution in [0.4, 0.5) is 0 Å². The second-order valence-electron chi connectivity index (χ2n) is 3.34. The summed E-state index contributed by atoms with van der Waals surface area (Å²) in [6.45, 7) is 1.91. The molecule has 4 atom stereocenters. The van der Waals surface area contributed by atoms with Crippen molar-refractivity contribution < 1.29 is 15.3 Å². The van der Waals surface area contributed by atoms with Gasteiger partial charge in [-0.25, -0.2) is 0 Å². The van der Waals surface area contributed by atoms with Crippen LogP contribution in [0.3, 0.4) is 0 Å². The zero-order valence-corrected chi connectivity index (χ0v) is 7.94. The Morgan fingerprint density at radius 3 is 2.38 bits per heavy atom. The average Bonchev–Trinajstić information content (AvgIpc) is 2.15. The minimum absolute atomic E-state index is 0.270. The normalized spacial score (nSPS) is 40.2. The van der Waals surface area contributed by atoms with Crippen LogP contribution in [0, 0.1) is 0 Å². The fourth-order valence-corrected chi connectivity index (χ4v) is 1.63. The van der Waals surface area contributed by atoms with Crippen molar-refractivity contribution in [2.75, 3.05) is 7.05 Å². The van der Waals surface area contributed by atoms with Gasteiger partial charge in [0.05, 0.1) is 6.04 Å². The second-order valence-corrected chi connectivity index (χ2v) is 3.34. The number of rotatable bonds is 2. The highest BCUT2D eigenvalue weighted by molar-refractivity contribution is 5.20. The Labute approximate surface area is 77.9 Å². The summed E-state index contributed by atoms with van der Waals surface area (Å²) in [6.07, 6.45) is -0.483. The molecule has 1 aliphatic carbocycles. The Hall–Kier alpha value is -0.420. The summed E-state index contributed by atoms with van der Waals surface area (Å²) in [7, 11) is 1.71. The molecular weight excluding hydrogens is 170 g/mol. The van der Waals surface area contributed by atoms with E-state index in [9.17, 15) is 15.3 Å². The van der Waals surface area contributed by atoms with Gasteiger partial charge in [0.25, 0.3) is 0 Å². The summed E-state index contributed by atoms with van der Waals surface area (Å²) >= 11 is 0. The van der Waals surface area contributed by atoms with Crippen molar-refractivity contribution in [3.8, 4) is 0 Å². The first-order valence-electron chi connectivity index (χ1n) is 4.53. The van der Waals surface area contributed by atoms with E-state index in [-0.39, 0.29) is 6.04 Å². The number of aliphatic hydroxyl groups is 3. The number of hydrogen-bond donors (Lipinski definition) is 4. The second kappa shape index (κ2) is 4.19. The monoisotopic (exact) mass is 187 g/mol. The standard InChI is InChI=1S/C9H17NO3/c1-3-5-4-6(10-2)8(12)9(13)7(5)11/h4,6-13H,3H2,1-2H3/t6?,7-,8+,9?/m0/s1. The Morgan fingerprint density at radius 1 is 1.31 bits per heavy atom. The summed E-state index contributed by atoms with van der Waals surface area (Å²) in [6, 6.07) is -0.270. The molecule has 0 spiro atoms. The molecule has 13 heavy (non-hydrogen) atoms. The highest BCUT2D eigenvalue weighted by Crippen LogP contribution is 2.22. The Morgan fingerprint density at radius 2 is 1.92 bits per heavy atom. The van der Waals surface area contributed by atoms with Crippen LogP contribution >= 0.6 is 0 Å². The zero-order chi connectivity index (χ0) is 10.0. The molecule has 0 amide bonds. The number of likely N-dealkylation sites (N-methyl/N-ethyl adjacent to an activating group) is 1. The van der Waals surface area contributed by atoms with Crippen molar-refractivity contribution in [1.29, 1.82) is 0 Å². The van der Waals surface area contributed by atoms with Gasteiger partial charge in [0, 0.05) is 0 Å². The molecule has 0 aromatic carbocycles. The average molecular weight is 187 g/mol. The maximum absolute atomic E-state index is 9.52. The molecule has 4 N–H and O–H groups in total. The summed E-state index contributed by atoms with van der Waals surface area (Å²) in [5, 5.41) is 31.4. The van der Waals surface area contributed by atoms with Crippen LogP contribution in [0.25, 0.3) is 0 Å². The summed E-state index contributed by atoms with van der Waals surface area (Å²) < 4.78 is 0. The molecule has 1 aliphatic rings. The van der Waals surface area contributed by atoms with Gasteiger partial charge in [-0.3, -0.25) is 0 Å². The first kappa shape index (κ1) is 10.7. The number of nitrogens with one attached hydrogen (secondary N) is 1. The Kier molecular flexibility index (Phi) is 3.44. The van der Waals surface area contributed by atoms with Crippen LogP contribution in [0.2, 0.25) is 0 Å². The van der Waals surface area contributed by atoms with E-state index >= 15 is 0 Å². The predicted octanol–water partition coefficient (Wildman–Crippen LogP) is -0.993. The highest BCUT2D eigenvalue weighted by Gasteiger charge is 2.35. The molecule has 0 radical (unpaired) electrons. The minimum Gasteiger partial charge on any atom is -0.388 e. The van der Waals surface area contributed by atoms with E-state index in [0.29, 0.717) is 6.42 Å². The van der Waals surface area contributed by atoms with Gasteiger partial charge in [-0.1, -0.05) is 13.0 Å². The smallest absolute Gasteiger partial charge is 0.111 e. The number of aliphatic hydroxyl groups excluding tert-OH is 3. The van der Waals surface area contributed by atoms with Crippen molar-refractivity contribution in [2.45, 2.75) is 37.7 Å². The van der Waals surface area contributed by atoms with E-state index in [0.717, 1.165) is 5.57 Å². The third kappa shape index (κ3) is 1.91. The van der Waals surface area contributed by atoms with Crippen molar-refractivity contribution in [3.63, 3.8) is 0 Å². The molecule has 0 aliphatic heterocycles. The van der Waals surface area contributed by atoms with E-state index in [2.05, 4.69) is 5.32 Å². The van der Waals surface area contributed by atoms with E-state index in [1.807, 2.05) is 6.92 Å². The molecule has 0 aromatic heterocycles. The van der Waals surface area contributed by atoms with Crippen LogP contribution in [-0.2, 0) is 0 Å².